The molecule has 0 saturated heterocycles. The summed E-state index contributed by atoms with van der Waals surface area (Å²) in [5.41, 5.74) is 0. The highest BCUT2D eigenvalue weighted by Gasteiger charge is 2.01. The fourth-order valence-electron chi connectivity index (χ4n) is 2.60. The second kappa shape index (κ2) is 18.8. The summed E-state index contributed by atoms with van der Waals surface area (Å²) in [5, 5.41) is 0. The van der Waals surface area contributed by atoms with Gasteiger partial charge in [-0.2, -0.15) is 0 Å². The zero-order valence-electron chi connectivity index (χ0n) is 14.7. The van der Waals surface area contributed by atoms with E-state index >= 15 is 0 Å². The Hall–Kier alpha value is -0.240. The molecule has 0 rings (SSSR count). The largest absolute Gasteiger partial charge is 0.466 e. The highest BCUT2D eigenvalue weighted by atomic mass is 35.5. The van der Waals surface area contributed by atoms with Gasteiger partial charge in [0, 0.05) is 12.3 Å². The normalized spacial score (nSPS) is 10.8. The lowest BCUT2D eigenvalue weighted by molar-refractivity contribution is -0.143. The van der Waals surface area contributed by atoms with Crippen molar-refractivity contribution in [2.24, 2.45) is 0 Å². The molecule has 0 aliphatic rings. The van der Waals surface area contributed by atoms with Gasteiger partial charge in [-0.3, -0.25) is 4.79 Å². The zero-order valence-corrected chi connectivity index (χ0v) is 15.5. The van der Waals surface area contributed by atoms with E-state index < -0.39 is 0 Å². The van der Waals surface area contributed by atoms with Gasteiger partial charge >= 0.3 is 5.97 Å². The molecule has 0 spiro atoms. The Balaban J connectivity index is 3.06. The maximum Gasteiger partial charge on any atom is 0.305 e. The third-order valence-electron chi connectivity index (χ3n) is 4.03. The summed E-state index contributed by atoms with van der Waals surface area (Å²) in [7, 11) is 0. The van der Waals surface area contributed by atoms with Crippen molar-refractivity contribution < 1.29 is 9.53 Å². The lowest BCUT2D eigenvalue weighted by atomic mass is 10.0. The molecule has 3 heteroatoms. The second-order valence-electron chi connectivity index (χ2n) is 6.26. The fraction of sp³-hybridized carbons (Fsp3) is 0.947. The summed E-state index contributed by atoms with van der Waals surface area (Å²) >= 11 is 5.53. The van der Waals surface area contributed by atoms with Crippen LogP contribution in [0, 0.1) is 0 Å². The van der Waals surface area contributed by atoms with Crippen molar-refractivity contribution in [2.75, 3.05) is 12.5 Å². The molecule has 0 bridgehead atoms. The molecular weight excluding hydrogens is 296 g/mol. The number of unbranched alkanes of at least 4 members (excludes halogenated alkanes) is 12. The predicted molar refractivity (Wildman–Crippen MR) is 96.6 cm³/mol. The standard InChI is InChI=1S/C19H37ClO2/c1-2-3-4-5-6-7-8-9-10-11-12-13-14-16-19(21)22-18-15-17-20/h2-18H2,1H3. The van der Waals surface area contributed by atoms with Gasteiger partial charge in [0.05, 0.1) is 6.61 Å². The van der Waals surface area contributed by atoms with E-state index in [4.69, 9.17) is 16.3 Å². The van der Waals surface area contributed by atoms with Gasteiger partial charge in [0.15, 0.2) is 0 Å². The molecule has 0 aromatic carbocycles. The molecule has 0 unspecified atom stereocenters. The van der Waals surface area contributed by atoms with Crippen LogP contribution >= 0.6 is 11.6 Å². The molecule has 0 aliphatic carbocycles. The molecule has 0 aliphatic heterocycles. The summed E-state index contributed by atoms with van der Waals surface area (Å²) in [6, 6.07) is 0. The van der Waals surface area contributed by atoms with Crippen LogP contribution < -0.4 is 0 Å². The minimum Gasteiger partial charge on any atom is -0.466 e. The van der Waals surface area contributed by atoms with Crippen LogP contribution in [0.15, 0.2) is 0 Å². The highest BCUT2D eigenvalue weighted by molar-refractivity contribution is 6.17. The van der Waals surface area contributed by atoms with Crippen LogP contribution in [0.1, 0.15) is 103 Å². The smallest absolute Gasteiger partial charge is 0.305 e. The molecule has 0 amide bonds. The maximum absolute atomic E-state index is 11.4. The van der Waals surface area contributed by atoms with Crippen LogP contribution in [0.25, 0.3) is 0 Å². The molecule has 0 radical (unpaired) electrons. The number of hydrogen-bond acceptors (Lipinski definition) is 2. The minimum atomic E-state index is -0.0619. The molecule has 132 valence electrons. The molecule has 0 fully saturated rings. The van der Waals surface area contributed by atoms with E-state index in [1.807, 2.05) is 0 Å². The fourth-order valence-corrected chi connectivity index (χ4v) is 2.71. The first kappa shape index (κ1) is 21.8. The molecule has 0 saturated carbocycles. The van der Waals surface area contributed by atoms with Crippen molar-refractivity contribution >= 4 is 17.6 Å². The molecule has 0 aromatic heterocycles. The van der Waals surface area contributed by atoms with Gasteiger partial charge in [0.1, 0.15) is 0 Å². The Morgan fingerprint density at radius 1 is 0.727 bits per heavy atom. The number of hydrogen-bond donors (Lipinski definition) is 0. The van der Waals surface area contributed by atoms with Crippen LogP contribution in [-0.2, 0) is 9.53 Å². The van der Waals surface area contributed by atoms with E-state index in [9.17, 15) is 4.79 Å². The molecule has 0 atom stereocenters. The minimum absolute atomic E-state index is 0.0619. The lowest BCUT2D eigenvalue weighted by Gasteiger charge is -2.04. The third kappa shape index (κ3) is 17.8. The monoisotopic (exact) mass is 332 g/mol. The lowest BCUT2D eigenvalue weighted by Crippen LogP contribution is -2.05. The Kier molecular flexibility index (Phi) is 18.6. The summed E-state index contributed by atoms with van der Waals surface area (Å²) in [4.78, 5) is 11.4. The van der Waals surface area contributed by atoms with Gasteiger partial charge in [-0.15, -0.1) is 11.6 Å². The van der Waals surface area contributed by atoms with E-state index in [1.165, 1.54) is 70.6 Å². The third-order valence-corrected chi connectivity index (χ3v) is 4.29. The molecule has 0 N–H and O–H groups in total. The van der Waals surface area contributed by atoms with E-state index in [1.54, 1.807) is 0 Å². The molecular formula is C19H37ClO2. The van der Waals surface area contributed by atoms with Crippen molar-refractivity contribution in [3.8, 4) is 0 Å². The predicted octanol–water partition coefficient (Wildman–Crippen LogP) is 6.64. The van der Waals surface area contributed by atoms with Crippen molar-refractivity contribution in [3.05, 3.63) is 0 Å². The van der Waals surface area contributed by atoms with Gasteiger partial charge in [0.25, 0.3) is 0 Å². The number of esters is 1. The number of halogens is 1. The van der Waals surface area contributed by atoms with E-state index in [0.717, 1.165) is 19.3 Å². The number of ether oxygens (including phenoxy) is 1. The quantitative estimate of drug-likeness (QED) is 0.169. The number of carbonyl (C=O) groups is 1. The van der Waals surface area contributed by atoms with Crippen molar-refractivity contribution in [2.45, 2.75) is 103 Å². The number of carbonyl (C=O) groups excluding carboxylic acids is 1. The van der Waals surface area contributed by atoms with E-state index in [2.05, 4.69) is 6.92 Å². The van der Waals surface area contributed by atoms with Crippen LogP contribution in [0.4, 0.5) is 0 Å². The van der Waals surface area contributed by atoms with Crippen molar-refractivity contribution in [1.29, 1.82) is 0 Å². The first-order chi connectivity index (χ1) is 10.8. The Morgan fingerprint density at radius 2 is 1.18 bits per heavy atom. The average Bonchev–Trinajstić information content (AvgIpc) is 2.52. The zero-order chi connectivity index (χ0) is 16.3. The number of rotatable bonds is 17. The summed E-state index contributed by atoms with van der Waals surface area (Å²) in [6.45, 7) is 2.74. The topological polar surface area (TPSA) is 26.3 Å². The Morgan fingerprint density at radius 3 is 1.64 bits per heavy atom. The first-order valence-electron chi connectivity index (χ1n) is 9.52. The van der Waals surface area contributed by atoms with Gasteiger partial charge in [-0.05, 0) is 12.8 Å². The second-order valence-corrected chi connectivity index (χ2v) is 6.63. The first-order valence-corrected chi connectivity index (χ1v) is 10.1. The van der Waals surface area contributed by atoms with Gasteiger partial charge in [-0.1, -0.05) is 84.0 Å². The van der Waals surface area contributed by atoms with E-state index in [-0.39, 0.29) is 5.97 Å². The Bertz CT molecular complexity index is 231. The van der Waals surface area contributed by atoms with Crippen molar-refractivity contribution in [1.82, 2.24) is 0 Å². The average molecular weight is 333 g/mol. The molecule has 22 heavy (non-hydrogen) atoms. The molecule has 0 heterocycles. The Labute approximate surface area is 143 Å². The van der Waals surface area contributed by atoms with Gasteiger partial charge < -0.3 is 4.74 Å². The summed E-state index contributed by atoms with van der Waals surface area (Å²) in [6.07, 6.45) is 18.6. The van der Waals surface area contributed by atoms with Gasteiger partial charge in [0.2, 0.25) is 0 Å². The molecule has 2 nitrogen and oxygen atoms in total. The van der Waals surface area contributed by atoms with Crippen LogP contribution in [0.5, 0.6) is 0 Å². The van der Waals surface area contributed by atoms with Crippen LogP contribution in [0.3, 0.4) is 0 Å². The summed E-state index contributed by atoms with van der Waals surface area (Å²) in [5.74, 6) is 0.500. The number of alkyl halides is 1. The van der Waals surface area contributed by atoms with Crippen molar-refractivity contribution in [3.63, 3.8) is 0 Å². The maximum atomic E-state index is 11.4. The van der Waals surface area contributed by atoms with Gasteiger partial charge in [-0.25, -0.2) is 0 Å². The van der Waals surface area contributed by atoms with Crippen LogP contribution in [0.2, 0.25) is 0 Å². The summed E-state index contributed by atoms with van der Waals surface area (Å²) < 4.78 is 5.07. The van der Waals surface area contributed by atoms with E-state index in [0.29, 0.717) is 18.9 Å². The van der Waals surface area contributed by atoms with Crippen LogP contribution in [-0.4, -0.2) is 18.5 Å². The molecule has 0 aromatic rings. The highest BCUT2D eigenvalue weighted by Crippen LogP contribution is 2.13. The SMILES string of the molecule is CCCCCCCCCCCCCCCC(=O)OCCCCl.